The number of anilines is 3. The smallest absolute Gasteiger partial charge is 0.229 e. The lowest BCUT2D eigenvalue weighted by Crippen LogP contribution is -2.46. The highest BCUT2D eigenvalue weighted by molar-refractivity contribution is 7.99. The molecule has 0 unspecified atom stereocenters. The van der Waals surface area contributed by atoms with Gasteiger partial charge in [-0.05, 0) is 0 Å². The fourth-order valence-corrected chi connectivity index (χ4v) is 5.29. The highest BCUT2D eigenvalue weighted by Crippen LogP contribution is 2.33. The molecule has 11 heteroatoms. The van der Waals surface area contributed by atoms with E-state index in [2.05, 4.69) is 9.80 Å². The van der Waals surface area contributed by atoms with Gasteiger partial charge in [-0.3, -0.25) is 4.79 Å². The third kappa shape index (κ3) is 4.96. The van der Waals surface area contributed by atoms with Crippen molar-refractivity contribution in [1.82, 2.24) is 24.8 Å². The van der Waals surface area contributed by atoms with Crippen LogP contribution >= 0.6 is 11.8 Å². The molecule has 35 heavy (non-hydrogen) atoms. The van der Waals surface area contributed by atoms with Gasteiger partial charge in [-0.1, -0.05) is 30.3 Å². The summed E-state index contributed by atoms with van der Waals surface area (Å²) in [7, 11) is 1.90. The van der Waals surface area contributed by atoms with Crippen molar-refractivity contribution in [2.45, 2.75) is 0 Å². The second kappa shape index (κ2) is 10.6. The summed E-state index contributed by atoms with van der Waals surface area (Å²) in [5, 5.41) is 9.58. The minimum Gasteiger partial charge on any atom is -0.395 e. The second-order valence-electron chi connectivity index (χ2n) is 8.65. The van der Waals surface area contributed by atoms with Crippen LogP contribution in [-0.4, -0.2) is 107 Å². The largest absolute Gasteiger partial charge is 0.395 e. The molecule has 1 N–H and O–H groups in total. The fourth-order valence-electron chi connectivity index (χ4n) is 4.39. The van der Waals surface area contributed by atoms with Crippen LogP contribution in [0.2, 0.25) is 0 Å². The van der Waals surface area contributed by atoms with Gasteiger partial charge in [0.25, 0.3) is 0 Å². The lowest BCUT2D eigenvalue weighted by atomic mass is 10.1. The number of thioether (sulfide) groups is 1. The van der Waals surface area contributed by atoms with Crippen molar-refractivity contribution in [3.05, 3.63) is 30.3 Å². The number of rotatable bonds is 7. The van der Waals surface area contributed by atoms with Crippen molar-refractivity contribution in [3.8, 4) is 11.3 Å². The molecule has 3 aromatic rings. The van der Waals surface area contributed by atoms with Gasteiger partial charge < -0.3 is 24.7 Å². The van der Waals surface area contributed by atoms with Crippen molar-refractivity contribution in [2.75, 3.05) is 85.7 Å². The minimum absolute atomic E-state index is 0.0111. The molecule has 0 spiro atoms. The quantitative estimate of drug-likeness (QED) is 0.484. The summed E-state index contributed by atoms with van der Waals surface area (Å²) in [5.74, 6) is 4.18. The van der Waals surface area contributed by atoms with Crippen LogP contribution in [0.25, 0.3) is 22.4 Å². The van der Waals surface area contributed by atoms with Crippen LogP contribution in [0.5, 0.6) is 0 Å². The maximum Gasteiger partial charge on any atom is 0.229 e. The summed E-state index contributed by atoms with van der Waals surface area (Å²) in [6.07, 6.45) is 0.898. The first kappa shape index (κ1) is 23.6. The van der Waals surface area contributed by atoms with E-state index >= 15 is 0 Å². The van der Waals surface area contributed by atoms with Gasteiger partial charge in [0.05, 0.1) is 6.61 Å². The number of hydrogen-bond donors (Lipinski definition) is 1. The molecule has 0 saturated carbocycles. The topological polar surface area (TPSA) is 102 Å². The molecule has 184 valence electrons. The second-order valence-corrected chi connectivity index (χ2v) is 9.88. The van der Waals surface area contributed by atoms with E-state index in [1.165, 1.54) is 0 Å². The summed E-state index contributed by atoms with van der Waals surface area (Å²) in [6.45, 7) is 4.86. The molecule has 10 nitrogen and oxygen atoms in total. The number of benzene rings is 1. The molecular formula is C24H30N8O2S. The molecule has 2 aliphatic rings. The molecule has 2 saturated heterocycles. The summed E-state index contributed by atoms with van der Waals surface area (Å²) in [5.41, 5.74) is 2.93. The zero-order valence-electron chi connectivity index (χ0n) is 19.9. The monoisotopic (exact) mass is 494 g/mol. The number of carbonyl (C=O) groups excluding carboxylic acids is 1. The van der Waals surface area contributed by atoms with Crippen molar-refractivity contribution in [2.24, 2.45) is 0 Å². The van der Waals surface area contributed by atoms with Crippen molar-refractivity contribution < 1.29 is 9.90 Å². The van der Waals surface area contributed by atoms with Crippen LogP contribution in [0.4, 0.5) is 17.6 Å². The van der Waals surface area contributed by atoms with Crippen LogP contribution in [0.1, 0.15) is 0 Å². The summed E-state index contributed by atoms with van der Waals surface area (Å²) in [4.78, 5) is 39.2. The van der Waals surface area contributed by atoms with Crippen molar-refractivity contribution in [1.29, 1.82) is 0 Å². The van der Waals surface area contributed by atoms with E-state index < -0.39 is 0 Å². The molecule has 2 aliphatic heterocycles. The van der Waals surface area contributed by atoms with E-state index in [4.69, 9.17) is 19.9 Å². The zero-order valence-corrected chi connectivity index (χ0v) is 20.7. The van der Waals surface area contributed by atoms with Gasteiger partial charge in [-0.25, -0.2) is 9.97 Å². The number of nitrogens with zero attached hydrogens (tertiary/aromatic N) is 8. The summed E-state index contributed by atoms with van der Waals surface area (Å²) >= 11 is 1.95. The Morgan fingerprint density at radius 3 is 2.40 bits per heavy atom. The standard InChI is InChI=1S/C24H30N8O2S/c1-29(11-14-33)22-19(18-5-3-2-4-6-18)25-20-21(26-22)27-24(32-9-7-30(17-34)8-10-32)28-23(20)31-12-15-35-16-13-31/h2-6,17,33H,7-16H2,1H3. The number of hydrogen-bond acceptors (Lipinski definition) is 10. The molecule has 0 bridgehead atoms. The number of carbonyl (C=O) groups is 1. The molecule has 0 atom stereocenters. The number of amides is 1. The normalized spacial score (nSPS) is 16.6. The molecular weight excluding hydrogens is 464 g/mol. The van der Waals surface area contributed by atoms with Crippen LogP contribution < -0.4 is 14.7 Å². The van der Waals surface area contributed by atoms with E-state index in [1.54, 1.807) is 4.90 Å². The molecule has 1 amide bonds. The van der Waals surface area contributed by atoms with E-state index in [-0.39, 0.29) is 6.61 Å². The first-order chi connectivity index (χ1) is 17.2. The predicted octanol–water partition coefficient (Wildman–Crippen LogP) is 1.35. The van der Waals surface area contributed by atoms with Crippen LogP contribution in [0.15, 0.2) is 30.3 Å². The van der Waals surface area contributed by atoms with Gasteiger partial charge in [0, 0.05) is 69.9 Å². The highest BCUT2D eigenvalue weighted by Gasteiger charge is 2.25. The third-order valence-corrected chi connectivity index (χ3v) is 7.33. The number of likely N-dealkylation sites (N-methyl/N-ethyl adjacent to an activating group) is 1. The molecule has 5 rings (SSSR count). The lowest BCUT2D eigenvalue weighted by Gasteiger charge is -2.34. The Labute approximate surface area is 209 Å². The average molecular weight is 495 g/mol. The maximum atomic E-state index is 11.2. The molecule has 1 aromatic carbocycles. The Kier molecular flexibility index (Phi) is 7.14. The van der Waals surface area contributed by atoms with E-state index in [9.17, 15) is 9.90 Å². The lowest BCUT2D eigenvalue weighted by molar-refractivity contribution is -0.118. The fraction of sp³-hybridized carbons (Fsp3) is 0.458. The van der Waals surface area contributed by atoms with Gasteiger partial charge in [0.1, 0.15) is 5.69 Å². The summed E-state index contributed by atoms with van der Waals surface area (Å²) in [6, 6.07) is 9.98. The van der Waals surface area contributed by atoms with Gasteiger partial charge in [-0.15, -0.1) is 0 Å². The van der Waals surface area contributed by atoms with Crippen molar-refractivity contribution in [3.63, 3.8) is 0 Å². The Bertz CT molecular complexity index is 1170. The molecule has 0 aliphatic carbocycles. The molecule has 2 fully saturated rings. The number of aromatic nitrogens is 4. The maximum absolute atomic E-state index is 11.2. The molecule has 2 aromatic heterocycles. The predicted molar refractivity (Wildman–Crippen MR) is 140 cm³/mol. The Morgan fingerprint density at radius 2 is 1.71 bits per heavy atom. The van der Waals surface area contributed by atoms with Crippen LogP contribution in [0, 0.1) is 0 Å². The minimum atomic E-state index is 0.0111. The SMILES string of the molecule is CN(CCO)c1nc2nc(N3CCN(C=O)CC3)nc(N3CCSCC3)c2nc1-c1ccccc1. The van der Waals surface area contributed by atoms with Crippen molar-refractivity contribution >= 4 is 46.9 Å². The first-order valence-electron chi connectivity index (χ1n) is 11.9. The Hall–Kier alpha value is -3.18. The highest BCUT2D eigenvalue weighted by atomic mass is 32.2. The van der Waals surface area contributed by atoms with Crippen LogP contribution in [-0.2, 0) is 4.79 Å². The first-order valence-corrected chi connectivity index (χ1v) is 13.1. The van der Waals surface area contributed by atoms with E-state index in [1.807, 2.05) is 54.0 Å². The van der Waals surface area contributed by atoms with E-state index in [0.717, 1.165) is 48.1 Å². The van der Waals surface area contributed by atoms with Crippen LogP contribution in [0.3, 0.4) is 0 Å². The zero-order chi connectivity index (χ0) is 24.2. The Balaban J connectivity index is 1.66. The van der Waals surface area contributed by atoms with Gasteiger partial charge in [0.15, 0.2) is 22.8 Å². The van der Waals surface area contributed by atoms with Gasteiger partial charge >= 0.3 is 0 Å². The number of aliphatic hydroxyl groups is 1. The molecule has 4 heterocycles. The Morgan fingerprint density at radius 1 is 0.971 bits per heavy atom. The third-order valence-electron chi connectivity index (χ3n) is 6.38. The molecule has 0 radical (unpaired) electrons. The number of aliphatic hydroxyl groups excluding tert-OH is 1. The van der Waals surface area contributed by atoms with Gasteiger partial charge in [0.2, 0.25) is 12.4 Å². The van der Waals surface area contributed by atoms with E-state index in [0.29, 0.717) is 55.7 Å². The average Bonchev–Trinajstić information content (AvgIpc) is 2.93. The number of fused-ring (bicyclic) bond motifs is 1. The summed E-state index contributed by atoms with van der Waals surface area (Å²) < 4.78 is 0. The number of piperazine rings is 1. The van der Waals surface area contributed by atoms with Gasteiger partial charge in [-0.2, -0.15) is 21.7 Å².